The van der Waals surface area contributed by atoms with E-state index in [-0.39, 0.29) is 22.1 Å². The lowest BCUT2D eigenvalue weighted by Gasteiger charge is -2.09. The number of hydrogen-bond acceptors (Lipinski definition) is 4. The fourth-order valence-corrected chi connectivity index (χ4v) is 1.65. The SMILES string of the molecule is Cc1ncnc(Nc2ccc(C(=O)O)cc2Cl)c1F. The number of carboxylic acid groups (broad SMARTS) is 1. The van der Waals surface area contributed by atoms with Gasteiger partial charge in [0.25, 0.3) is 0 Å². The maximum Gasteiger partial charge on any atom is 0.335 e. The second-order valence-electron chi connectivity index (χ2n) is 3.75. The molecule has 1 heterocycles. The number of carbonyl (C=O) groups is 1. The topological polar surface area (TPSA) is 75.1 Å². The summed E-state index contributed by atoms with van der Waals surface area (Å²) in [5.74, 6) is -1.68. The van der Waals surface area contributed by atoms with Crippen molar-refractivity contribution in [2.24, 2.45) is 0 Å². The molecule has 0 radical (unpaired) electrons. The van der Waals surface area contributed by atoms with Gasteiger partial charge in [0.2, 0.25) is 0 Å². The molecule has 0 spiro atoms. The van der Waals surface area contributed by atoms with Crippen molar-refractivity contribution in [2.45, 2.75) is 6.92 Å². The largest absolute Gasteiger partial charge is 0.478 e. The molecule has 0 aliphatic rings. The molecule has 5 nitrogen and oxygen atoms in total. The molecule has 2 N–H and O–H groups in total. The predicted octanol–water partition coefficient (Wildman–Crippen LogP) is 3.02. The molecule has 0 fully saturated rings. The summed E-state index contributed by atoms with van der Waals surface area (Å²) in [6.45, 7) is 1.51. The molecule has 2 aromatic rings. The summed E-state index contributed by atoms with van der Waals surface area (Å²) in [7, 11) is 0. The van der Waals surface area contributed by atoms with Gasteiger partial charge in [-0.15, -0.1) is 0 Å². The number of benzene rings is 1. The Morgan fingerprint density at radius 2 is 2.16 bits per heavy atom. The van der Waals surface area contributed by atoms with Crippen molar-refractivity contribution in [3.63, 3.8) is 0 Å². The number of carboxylic acids is 1. The zero-order valence-electron chi connectivity index (χ0n) is 9.82. The first-order valence-corrected chi connectivity index (χ1v) is 5.64. The predicted molar refractivity (Wildman–Crippen MR) is 68.4 cm³/mol. The van der Waals surface area contributed by atoms with Crippen LogP contribution in [0.15, 0.2) is 24.5 Å². The van der Waals surface area contributed by atoms with Crippen LogP contribution < -0.4 is 5.32 Å². The number of hydrogen-bond donors (Lipinski definition) is 2. The summed E-state index contributed by atoms with van der Waals surface area (Å²) in [5, 5.41) is 11.7. The van der Waals surface area contributed by atoms with E-state index in [0.717, 1.165) is 0 Å². The summed E-state index contributed by atoms with van der Waals surface area (Å²) in [6, 6.07) is 4.09. The van der Waals surface area contributed by atoms with Gasteiger partial charge in [0, 0.05) is 0 Å². The number of aromatic carboxylic acids is 1. The van der Waals surface area contributed by atoms with Gasteiger partial charge in [0.05, 0.1) is 22.0 Å². The van der Waals surface area contributed by atoms with Gasteiger partial charge in [0.15, 0.2) is 11.6 Å². The van der Waals surface area contributed by atoms with Crippen LogP contribution in [-0.2, 0) is 0 Å². The summed E-state index contributed by atoms with van der Waals surface area (Å²) >= 11 is 5.92. The van der Waals surface area contributed by atoms with Crippen molar-refractivity contribution in [1.29, 1.82) is 0 Å². The van der Waals surface area contributed by atoms with Crippen molar-refractivity contribution < 1.29 is 14.3 Å². The Morgan fingerprint density at radius 1 is 1.42 bits per heavy atom. The van der Waals surface area contributed by atoms with Crippen molar-refractivity contribution >= 4 is 29.1 Å². The normalized spacial score (nSPS) is 10.3. The first-order valence-electron chi connectivity index (χ1n) is 5.26. The van der Waals surface area contributed by atoms with Crippen LogP contribution in [0, 0.1) is 12.7 Å². The monoisotopic (exact) mass is 281 g/mol. The van der Waals surface area contributed by atoms with Crippen molar-refractivity contribution in [3.05, 3.63) is 46.6 Å². The zero-order valence-corrected chi connectivity index (χ0v) is 10.6. The van der Waals surface area contributed by atoms with E-state index in [4.69, 9.17) is 16.7 Å². The smallest absolute Gasteiger partial charge is 0.335 e. The van der Waals surface area contributed by atoms with E-state index >= 15 is 0 Å². The molecule has 2 rings (SSSR count). The highest BCUT2D eigenvalue weighted by molar-refractivity contribution is 6.33. The van der Waals surface area contributed by atoms with E-state index in [0.29, 0.717) is 5.69 Å². The third-order valence-corrected chi connectivity index (χ3v) is 2.75. The number of rotatable bonds is 3. The molecule has 0 aliphatic heterocycles. The Kier molecular flexibility index (Phi) is 3.62. The van der Waals surface area contributed by atoms with E-state index in [2.05, 4.69) is 15.3 Å². The van der Waals surface area contributed by atoms with Gasteiger partial charge in [-0.05, 0) is 25.1 Å². The lowest BCUT2D eigenvalue weighted by atomic mass is 10.2. The standard InChI is InChI=1S/C12H9ClFN3O2/c1-6-10(14)11(16-5-15-6)17-9-3-2-7(12(18)19)4-8(9)13/h2-5H,1H3,(H,18,19)(H,15,16,17). The average Bonchev–Trinajstić information content (AvgIpc) is 2.37. The van der Waals surface area contributed by atoms with Gasteiger partial charge in [-0.3, -0.25) is 0 Å². The second-order valence-corrected chi connectivity index (χ2v) is 4.15. The maximum atomic E-state index is 13.7. The van der Waals surface area contributed by atoms with Gasteiger partial charge in [-0.1, -0.05) is 11.6 Å². The van der Waals surface area contributed by atoms with Crippen LogP contribution in [0.2, 0.25) is 5.02 Å². The quantitative estimate of drug-likeness (QED) is 0.904. The zero-order chi connectivity index (χ0) is 14.0. The molecular formula is C12H9ClFN3O2. The van der Waals surface area contributed by atoms with E-state index in [9.17, 15) is 9.18 Å². The second kappa shape index (κ2) is 5.19. The van der Waals surface area contributed by atoms with E-state index in [1.165, 1.54) is 31.5 Å². The van der Waals surface area contributed by atoms with Crippen molar-refractivity contribution in [3.8, 4) is 0 Å². The Morgan fingerprint density at radius 3 is 2.79 bits per heavy atom. The summed E-state index contributed by atoms with van der Waals surface area (Å²) in [6.07, 6.45) is 1.22. The van der Waals surface area contributed by atoms with Crippen LogP contribution in [0.25, 0.3) is 0 Å². The Bertz CT molecular complexity index is 649. The molecular weight excluding hydrogens is 273 g/mol. The summed E-state index contributed by atoms with van der Waals surface area (Å²) < 4.78 is 13.7. The number of nitrogens with zero attached hydrogens (tertiary/aromatic N) is 2. The van der Waals surface area contributed by atoms with Crippen LogP contribution >= 0.6 is 11.6 Å². The minimum atomic E-state index is -1.09. The van der Waals surface area contributed by atoms with Crippen LogP contribution in [0.5, 0.6) is 0 Å². The van der Waals surface area contributed by atoms with E-state index < -0.39 is 11.8 Å². The van der Waals surface area contributed by atoms with Gasteiger partial charge in [-0.25, -0.2) is 19.2 Å². The lowest BCUT2D eigenvalue weighted by molar-refractivity contribution is 0.0697. The van der Waals surface area contributed by atoms with Gasteiger partial charge < -0.3 is 10.4 Å². The molecule has 0 aliphatic carbocycles. The summed E-state index contributed by atoms with van der Waals surface area (Å²) in [5.41, 5.74) is 0.620. The molecule has 1 aromatic carbocycles. The number of anilines is 2. The third kappa shape index (κ3) is 2.79. The number of halogens is 2. The number of aryl methyl sites for hydroxylation is 1. The number of nitrogens with one attached hydrogen (secondary N) is 1. The van der Waals surface area contributed by atoms with Crippen LogP contribution in [-0.4, -0.2) is 21.0 Å². The molecule has 19 heavy (non-hydrogen) atoms. The Hall–Kier alpha value is -2.21. The highest BCUT2D eigenvalue weighted by Crippen LogP contribution is 2.27. The Labute approximate surface area is 113 Å². The number of aromatic nitrogens is 2. The molecule has 0 bridgehead atoms. The van der Waals surface area contributed by atoms with Gasteiger partial charge in [-0.2, -0.15) is 0 Å². The van der Waals surface area contributed by atoms with E-state index in [1.807, 2.05) is 0 Å². The molecule has 1 aromatic heterocycles. The van der Waals surface area contributed by atoms with Crippen LogP contribution in [0.4, 0.5) is 15.9 Å². The highest BCUT2D eigenvalue weighted by atomic mass is 35.5. The molecule has 0 atom stereocenters. The van der Waals surface area contributed by atoms with Gasteiger partial charge >= 0.3 is 5.97 Å². The minimum absolute atomic E-state index is 0.0162. The molecule has 98 valence electrons. The average molecular weight is 282 g/mol. The molecule has 0 saturated heterocycles. The first-order chi connectivity index (χ1) is 8.99. The van der Waals surface area contributed by atoms with Crippen LogP contribution in [0.1, 0.15) is 16.1 Å². The highest BCUT2D eigenvalue weighted by Gasteiger charge is 2.11. The minimum Gasteiger partial charge on any atom is -0.478 e. The first kappa shape index (κ1) is 13.2. The lowest BCUT2D eigenvalue weighted by Crippen LogP contribution is -2.02. The molecule has 7 heteroatoms. The van der Waals surface area contributed by atoms with Gasteiger partial charge in [0.1, 0.15) is 6.33 Å². The van der Waals surface area contributed by atoms with Crippen LogP contribution in [0.3, 0.4) is 0 Å². The van der Waals surface area contributed by atoms with Crippen molar-refractivity contribution in [1.82, 2.24) is 9.97 Å². The van der Waals surface area contributed by atoms with Crippen molar-refractivity contribution in [2.75, 3.05) is 5.32 Å². The summed E-state index contributed by atoms with van der Waals surface area (Å²) in [4.78, 5) is 18.2. The third-order valence-electron chi connectivity index (χ3n) is 2.43. The maximum absolute atomic E-state index is 13.7. The molecule has 0 saturated carbocycles. The van der Waals surface area contributed by atoms with E-state index in [1.54, 1.807) is 0 Å². The fraction of sp³-hybridized carbons (Fsp3) is 0.0833. The fourth-order valence-electron chi connectivity index (χ4n) is 1.42. The Balaban J connectivity index is 2.34. The molecule has 0 amide bonds. The molecule has 0 unspecified atom stereocenters.